The highest BCUT2D eigenvalue weighted by atomic mass is 19.1. The van der Waals surface area contributed by atoms with Gasteiger partial charge in [0.25, 0.3) is 0 Å². The van der Waals surface area contributed by atoms with Gasteiger partial charge in [0, 0.05) is 57.6 Å². The quantitative estimate of drug-likeness (QED) is 0.868. The van der Waals surface area contributed by atoms with Crippen LogP contribution in [0.2, 0.25) is 0 Å². The van der Waals surface area contributed by atoms with Crippen molar-refractivity contribution in [2.24, 2.45) is 7.05 Å². The molecule has 3 rings (SSSR count). The van der Waals surface area contributed by atoms with Crippen LogP contribution in [0.4, 0.5) is 4.39 Å². The van der Waals surface area contributed by atoms with Gasteiger partial charge in [-0.05, 0) is 32.1 Å². The molecule has 0 aromatic carbocycles. The molecule has 0 spiro atoms. The third-order valence-corrected chi connectivity index (χ3v) is 5.27. The maximum absolute atomic E-state index is 13.9. The topological polar surface area (TPSA) is 42.3 Å². The SMILES string of the molecule is COC1CCC(NC[C@@H]2C[C@H](F)CN2Cc2cnn(C)c2)CC1. The van der Waals surface area contributed by atoms with Gasteiger partial charge in [-0.1, -0.05) is 0 Å². The highest BCUT2D eigenvalue weighted by molar-refractivity contribution is 5.05. The van der Waals surface area contributed by atoms with Crippen molar-refractivity contribution in [3.05, 3.63) is 18.0 Å². The van der Waals surface area contributed by atoms with E-state index in [0.29, 0.717) is 25.1 Å². The number of aryl methyl sites for hydroxylation is 1. The molecule has 1 aromatic rings. The fraction of sp³-hybridized carbons (Fsp3) is 0.824. The fourth-order valence-electron chi connectivity index (χ4n) is 3.92. The molecule has 1 aromatic heterocycles. The van der Waals surface area contributed by atoms with Crippen LogP contribution in [0.5, 0.6) is 0 Å². The Bertz CT molecular complexity index is 487. The maximum atomic E-state index is 13.9. The molecule has 2 heterocycles. The zero-order valence-electron chi connectivity index (χ0n) is 14.2. The van der Waals surface area contributed by atoms with Crippen molar-refractivity contribution < 1.29 is 9.13 Å². The van der Waals surface area contributed by atoms with Gasteiger partial charge in [-0.3, -0.25) is 9.58 Å². The Morgan fingerprint density at radius 2 is 2.13 bits per heavy atom. The van der Waals surface area contributed by atoms with Crippen molar-refractivity contribution in [1.29, 1.82) is 0 Å². The summed E-state index contributed by atoms with van der Waals surface area (Å²) in [7, 11) is 3.72. The number of methoxy groups -OCH3 is 1. The van der Waals surface area contributed by atoms with E-state index in [1.54, 1.807) is 11.8 Å². The average molecular weight is 324 g/mol. The minimum absolute atomic E-state index is 0.283. The lowest BCUT2D eigenvalue weighted by molar-refractivity contribution is 0.0616. The van der Waals surface area contributed by atoms with E-state index >= 15 is 0 Å². The second-order valence-corrected chi connectivity index (χ2v) is 7.06. The molecule has 5 nitrogen and oxygen atoms in total. The molecule has 2 aliphatic rings. The van der Waals surface area contributed by atoms with Gasteiger partial charge in [0.15, 0.2) is 0 Å². The van der Waals surface area contributed by atoms with Crippen LogP contribution in [-0.4, -0.2) is 59.2 Å². The normalized spacial score (nSPS) is 32.5. The summed E-state index contributed by atoms with van der Waals surface area (Å²) in [5.41, 5.74) is 1.16. The first-order chi connectivity index (χ1) is 11.1. The lowest BCUT2D eigenvalue weighted by atomic mass is 9.93. The molecule has 0 amide bonds. The lowest BCUT2D eigenvalue weighted by Gasteiger charge is -2.31. The van der Waals surface area contributed by atoms with Crippen molar-refractivity contribution in [3.63, 3.8) is 0 Å². The molecule has 0 radical (unpaired) electrons. The Morgan fingerprint density at radius 3 is 2.78 bits per heavy atom. The number of hydrogen-bond donors (Lipinski definition) is 1. The molecule has 23 heavy (non-hydrogen) atoms. The predicted octanol–water partition coefficient (Wildman–Crippen LogP) is 1.88. The molecule has 1 N–H and O–H groups in total. The fourth-order valence-corrected chi connectivity index (χ4v) is 3.92. The van der Waals surface area contributed by atoms with Gasteiger partial charge in [-0.15, -0.1) is 0 Å². The van der Waals surface area contributed by atoms with E-state index < -0.39 is 6.17 Å². The second-order valence-electron chi connectivity index (χ2n) is 7.06. The molecular formula is C17H29FN4O. The molecule has 1 aliphatic carbocycles. The predicted molar refractivity (Wildman–Crippen MR) is 88.0 cm³/mol. The number of ether oxygens (including phenoxy) is 1. The Balaban J connectivity index is 1.47. The zero-order valence-corrected chi connectivity index (χ0v) is 14.2. The third kappa shape index (κ3) is 4.52. The monoisotopic (exact) mass is 324 g/mol. The summed E-state index contributed by atoms with van der Waals surface area (Å²) in [5.74, 6) is 0. The minimum atomic E-state index is -0.706. The van der Waals surface area contributed by atoms with E-state index in [1.807, 2.05) is 19.4 Å². The van der Waals surface area contributed by atoms with Crippen LogP contribution in [0.15, 0.2) is 12.4 Å². The smallest absolute Gasteiger partial charge is 0.114 e. The highest BCUT2D eigenvalue weighted by Crippen LogP contribution is 2.24. The third-order valence-electron chi connectivity index (χ3n) is 5.27. The minimum Gasteiger partial charge on any atom is -0.381 e. The maximum Gasteiger partial charge on any atom is 0.114 e. The van der Waals surface area contributed by atoms with E-state index in [2.05, 4.69) is 15.3 Å². The van der Waals surface area contributed by atoms with E-state index in [-0.39, 0.29) is 6.04 Å². The molecule has 1 aliphatic heterocycles. The summed E-state index contributed by atoms with van der Waals surface area (Å²) >= 11 is 0. The first kappa shape index (κ1) is 16.9. The largest absolute Gasteiger partial charge is 0.381 e. The van der Waals surface area contributed by atoms with Crippen molar-refractivity contribution in [2.75, 3.05) is 20.2 Å². The Hall–Kier alpha value is -0.980. The summed E-state index contributed by atoms with van der Waals surface area (Å²) in [5, 5.41) is 7.87. The molecule has 2 fully saturated rings. The lowest BCUT2D eigenvalue weighted by Crippen LogP contribution is -2.43. The van der Waals surface area contributed by atoms with Gasteiger partial charge < -0.3 is 10.1 Å². The van der Waals surface area contributed by atoms with Crippen LogP contribution in [0, 0.1) is 0 Å². The van der Waals surface area contributed by atoms with Gasteiger partial charge >= 0.3 is 0 Å². The first-order valence-corrected chi connectivity index (χ1v) is 8.76. The van der Waals surface area contributed by atoms with Gasteiger partial charge in [0.05, 0.1) is 12.3 Å². The van der Waals surface area contributed by atoms with Crippen LogP contribution < -0.4 is 5.32 Å². The van der Waals surface area contributed by atoms with Crippen molar-refractivity contribution in [3.8, 4) is 0 Å². The van der Waals surface area contributed by atoms with Gasteiger partial charge in [0.1, 0.15) is 6.17 Å². The molecule has 0 bridgehead atoms. The zero-order chi connectivity index (χ0) is 16.2. The molecular weight excluding hydrogens is 295 g/mol. The van der Waals surface area contributed by atoms with E-state index in [0.717, 1.165) is 44.3 Å². The number of halogens is 1. The molecule has 1 saturated carbocycles. The molecule has 1 saturated heterocycles. The van der Waals surface area contributed by atoms with E-state index in [9.17, 15) is 4.39 Å². The van der Waals surface area contributed by atoms with Crippen molar-refractivity contribution in [1.82, 2.24) is 20.0 Å². The number of nitrogens with zero attached hydrogens (tertiary/aromatic N) is 3. The van der Waals surface area contributed by atoms with Gasteiger partial charge in [-0.25, -0.2) is 4.39 Å². The summed E-state index contributed by atoms with van der Waals surface area (Å²) < 4.78 is 21.1. The van der Waals surface area contributed by atoms with Crippen LogP contribution in [0.1, 0.15) is 37.7 Å². The standard InChI is InChI=1S/C17H29FN4O/c1-21-10-13(8-20-21)11-22-12-14(18)7-16(22)9-19-15-3-5-17(23-2)6-4-15/h8,10,14-17,19H,3-7,9,11-12H2,1-2H3/t14-,15?,16-,17?/m0/s1. The molecule has 2 atom stereocenters. The Labute approximate surface area is 138 Å². The van der Waals surface area contributed by atoms with E-state index in [1.165, 1.54) is 0 Å². The van der Waals surface area contributed by atoms with Crippen LogP contribution in [0.25, 0.3) is 0 Å². The number of alkyl halides is 1. The summed E-state index contributed by atoms with van der Waals surface area (Å²) in [6, 6.07) is 0.839. The first-order valence-electron chi connectivity index (χ1n) is 8.76. The number of hydrogen-bond acceptors (Lipinski definition) is 4. The summed E-state index contributed by atoms with van der Waals surface area (Å²) in [4.78, 5) is 2.26. The van der Waals surface area contributed by atoms with Gasteiger partial charge in [-0.2, -0.15) is 5.10 Å². The number of aromatic nitrogens is 2. The van der Waals surface area contributed by atoms with Crippen molar-refractivity contribution >= 4 is 0 Å². The second kappa shape index (κ2) is 7.73. The molecule has 6 heteroatoms. The highest BCUT2D eigenvalue weighted by Gasteiger charge is 2.32. The summed E-state index contributed by atoms with van der Waals surface area (Å²) in [6.07, 6.45) is 8.83. The van der Waals surface area contributed by atoms with Gasteiger partial charge in [0.2, 0.25) is 0 Å². The Morgan fingerprint density at radius 1 is 1.35 bits per heavy atom. The van der Waals surface area contributed by atoms with Crippen LogP contribution in [0.3, 0.4) is 0 Å². The Kier molecular flexibility index (Phi) is 5.67. The molecule has 0 unspecified atom stereocenters. The van der Waals surface area contributed by atoms with Crippen LogP contribution >= 0.6 is 0 Å². The van der Waals surface area contributed by atoms with Crippen molar-refractivity contribution in [2.45, 2.75) is 63.0 Å². The average Bonchev–Trinajstić information content (AvgIpc) is 3.11. The summed E-state index contributed by atoms with van der Waals surface area (Å²) in [6.45, 7) is 2.21. The molecule has 130 valence electrons. The number of nitrogens with one attached hydrogen (secondary N) is 1. The van der Waals surface area contributed by atoms with E-state index in [4.69, 9.17) is 4.74 Å². The number of rotatable bonds is 6. The number of likely N-dealkylation sites (tertiary alicyclic amines) is 1. The van der Waals surface area contributed by atoms with Crippen LogP contribution in [-0.2, 0) is 18.3 Å².